The van der Waals surface area contributed by atoms with E-state index in [1.165, 1.54) is 13.0 Å². The first-order valence-corrected chi connectivity index (χ1v) is 4.15. The molecule has 0 fully saturated rings. The van der Waals surface area contributed by atoms with E-state index in [-0.39, 0.29) is 5.56 Å². The molecular weight excluding hydrogens is 186 g/mol. The van der Waals surface area contributed by atoms with Gasteiger partial charge in [-0.1, -0.05) is 6.07 Å². The summed E-state index contributed by atoms with van der Waals surface area (Å²) in [4.78, 5) is -0.641. The summed E-state index contributed by atoms with van der Waals surface area (Å²) in [7, 11) is 0. The van der Waals surface area contributed by atoms with Crippen LogP contribution in [-0.4, -0.2) is 8.76 Å². The summed E-state index contributed by atoms with van der Waals surface area (Å²) in [5, 5.41) is 0. The van der Waals surface area contributed by atoms with Gasteiger partial charge in [-0.25, -0.2) is 8.78 Å². The van der Waals surface area contributed by atoms with Crippen LogP contribution in [-0.2, 0) is 11.1 Å². The molecule has 1 aromatic carbocycles. The van der Waals surface area contributed by atoms with Gasteiger partial charge in [0.15, 0.2) is 11.6 Å². The molecule has 0 N–H and O–H groups in total. The van der Waals surface area contributed by atoms with Gasteiger partial charge in [0.25, 0.3) is 0 Å². The molecule has 0 amide bonds. The van der Waals surface area contributed by atoms with Crippen LogP contribution in [0.2, 0.25) is 0 Å². The van der Waals surface area contributed by atoms with Gasteiger partial charge in [-0.2, -0.15) is 0 Å². The average Bonchev–Trinajstić information content (AvgIpc) is 2.00. The largest absolute Gasteiger partial charge is 0.768 e. The van der Waals surface area contributed by atoms with Crippen molar-refractivity contribution in [2.24, 2.45) is 0 Å². The summed E-state index contributed by atoms with van der Waals surface area (Å²) in [6.07, 6.45) is 0. The maximum atomic E-state index is 12.7. The Hall–Kier alpha value is -0.810. The third-order valence-electron chi connectivity index (χ3n) is 1.42. The number of aryl methyl sites for hydroxylation is 1. The molecule has 0 saturated carbocycles. The molecule has 2 nitrogen and oxygen atoms in total. The minimum Gasteiger partial charge on any atom is -0.768 e. The highest BCUT2D eigenvalue weighted by atomic mass is 32.2. The van der Waals surface area contributed by atoms with Crippen molar-refractivity contribution in [1.29, 1.82) is 0 Å². The monoisotopic (exact) mass is 191 g/mol. The van der Waals surface area contributed by atoms with Crippen LogP contribution in [0.4, 0.5) is 8.78 Å². The van der Waals surface area contributed by atoms with E-state index in [9.17, 15) is 17.5 Å². The number of halogens is 2. The van der Waals surface area contributed by atoms with Crippen LogP contribution in [0.1, 0.15) is 5.56 Å². The molecule has 0 spiro atoms. The molecule has 0 saturated heterocycles. The van der Waals surface area contributed by atoms with Crippen molar-refractivity contribution in [2.45, 2.75) is 11.8 Å². The van der Waals surface area contributed by atoms with Crippen molar-refractivity contribution in [2.75, 3.05) is 0 Å². The predicted octanol–water partition coefficient (Wildman–Crippen LogP) is 1.51. The van der Waals surface area contributed by atoms with Crippen molar-refractivity contribution >= 4 is 11.1 Å². The van der Waals surface area contributed by atoms with Gasteiger partial charge in [0.1, 0.15) is 0 Å². The fraction of sp³-hybridized carbons (Fsp3) is 0.143. The molecule has 0 aromatic heterocycles. The van der Waals surface area contributed by atoms with Gasteiger partial charge < -0.3 is 4.55 Å². The minimum atomic E-state index is -2.72. The van der Waals surface area contributed by atoms with Crippen molar-refractivity contribution in [3.05, 3.63) is 29.3 Å². The number of benzene rings is 1. The summed E-state index contributed by atoms with van der Waals surface area (Å²) < 4.78 is 46.0. The van der Waals surface area contributed by atoms with Gasteiger partial charge in [-0.15, -0.1) is 0 Å². The zero-order valence-corrected chi connectivity index (χ0v) is 6.95. The van der Waals surface area contributed by atoms with Crippen LogP contribution in [0.3, 0.4) is 0 Å². The van der Waals surface area contributed by atoms with Crippen LogP contribution >= 0.6 is 0 Å². The van der Waals surface area contributed by atoms with Crippen molar-refractivity contribution in [3.63, 3.8) is 0 Å². The van der Waals surface area contributed by atoms with E-state index in [1.54, 1.807) is 0 Å². The maximum absolute atomic E-state index is 12.7. The Morgan fingerprint density at radius 1 is 1.33 bits per heavy atom. The first kappa shape index (κ1) is 9.28. The second kappa shape index (κ2) is 3.28. The van der Waals surface area contributed by atoms with E-state index in [4.69, 9.17) is 0 Å². The molecular formula is C7H5F2O2S-. The van der Waals surface area contributed by atoms with Crippen molar-refractivity contribution in [3.8, 4) is 0 Å². The molecule has 0 aliphatic heterocycles. The number of rotatable bonds is 1. The lowest BCUT2D eigenvalue weighted by molar-refractivity contribution is 0.473. The fourth-order valence-corrected chi connectivity index (χ4v) is 1.17. The van der Waals surface area contributed by atoms with Gasteiger partial charge in [0.2, 0.25) is 0 Å². The van der Waals surface area contributed by atoms with E-state index in [1.807, 2.05) is 0 Å². The van der Waals surface area contributed by atoms with Gasteiger partial charge in [-0.05, 0) is 29.6 Å². The third-order valence-corrected chi connectivity index (χ3v) is 2.09. The van der Waals surface area contributed by atoms with Crippen molar-refractivity contribution in [1.82, 2.24) is 0 Å². The lowest BCUT2D eigenvalue weighted by atomic mass is 10.2. The Morgan fingerprint density at radius 3 is 2.42 bits per heavy atom. The van der Waals surface area contributed by atoms with E-state index < -0.39 is 27.6 Å². The standard InChI is InChI=1S/C7H6F2O2S/c1-4-2-3-5(12(10)11)7(9)6(4)8/h2-3H,1H3,(H,10,11)/p-1. The van der Waals surface area contributed by atoms with Crippen LogP contribution in [0.15, 0.2) is 17.0 Å². The first-order valence-electron chi connectivity index (χ1n) is 3.08. The van der Waals surface area contributed by atoms with Gasteiger partial charge in [-0.3, -0.25) is 4.21 Å². The summed E-state index contributed by atoms with van der Waals surface area (Å²) in [6.45, 7) is 1.36. The smallest absolute Gasteiger partial charge is 0.174 e. The topological polar surface area (TPSA) is 40.1 Å². The highest BCUT2D eigenvalue weighted by Crippen LogP contribution is 2.17. The van der Waals surface area contributed by atoms with Gasteiger partial charge in [0.05, 0.1) is 4.90 Å². The number of hydrogen-bond donors (Lipinski definition) is 0. The Balaban J connectivity index is 3.36. The minimum absolute atomic E-state index is 0.0849. The van der Waals surface area contributed by atoms with Crippen LogP contribution in [0.5, 0.6) is 0 Å². The second-order valence-electron chi connectivity index (χ2n) is 2.24. The molecule has 5 heteroatoms. The van der Waals surface area contributed by atoms with E-state index in [2.05, 4.69) is 0 Å². The van der Waals surface area contributed by atoms with Gasteiger partial charge >= 0.3 is 0 Å². The fourth-order valence-electron chi connectivity index (χ4n) is 0.757. The SMILES string of the molecule is Cc1ccc(S(=O)[O-])c(F)c1F. The van der Waals surface area contributed by atoms with Crippen LogP contribution in [0, 0.1) is 18.6 Å². The zero-order valence-electron chi connectivity index (χ0n) is 6.14. The molecule has 1 atom stereocenters. The van der Waals surface area contributed by atoms with E-state index in [0.29, 0.717) is 0 Å². The summed E-state index contributed by atoms with van der Waals surface area (Å²) in [5.74, 6) is -2.43. The summed E-state index contributed by atoms with van der Waals surface area (Å²) in [5.41, 5.74) is 0.0849. The normalized spacial score (nSPS) is 13.0. The molecule has 1 rings (SSSR count). The summed E-state index contributed by atoms with van der Waals surface area (Å²) in [6, 6.07) is 2.24. The average molecular weight is 191 g/mol. The van der Waals surface area contributed by atoms with E-state index in [0.717, 1.165) is 6.07 Å². The molecule has 1 aromatic rings. The van der Waals surface area contributed by atoms with Crippen LogP contribution < -0.4 is 0 Å². The zero-order chi connectivity index (χ0) is 9.30. The highest BCUT2D eigenvalue weighted by Gasteiger charge is 2.10. The quantitative estimate of drug-likeness (QED) is 0.631. The summed E-state index contributed by atoms with van der Waals surface area (Å²) >= 11 is -2.72. The molecule has 66 valence electrons. The Kier molecular flexibility index (Phi) is 2.54. The van der Waals surface area contributed by atoms with Crippen molar-refractivity contribution < 1.29 is 17.5 Å². The Labute approximate surface area is 70.5 Å². The Bertz CT molecular complexity index is 338. The number of hydrogen-bond acceptors (Lipinski definition) is 2. The molecule has 0 aliphatic rings. The molecule has 0 heterocycles. The first-order chi connectivity index (χ1) is 5.54. The molecule has 1 unspecified atom stereocenters. The third kappa shape index (κ3) is 1.51. The van der Waals surface area contributed by atoms with Gasteiger partial charge in [0, 0.05) is 0 Å². The lowest BCUT2D eigenvalue weighted by Crippen LogP contribution is -1.98. The molecule has 0 aliphatic carbocycles. The highest BCUT2D eigenvalue weighted by molar-refractivity contribution is 7.79. The molecule has 0 radical (unpaired) electrons. The maximum Gasteiger partial charge on any atom is 0.174 e. The molecule has 0 bridgehead atoms. The Morgan fingerprint density at radius 2 is 1.92 bits per heavy atom. The van der Waals surface area contributed by atoms with E-state index >= 15 is 0 Å². The predicted molar refractivity (Wildman–Crippen MR) is 38.3 cm³/mol. The molecule has 12 heavy (non-hydrogen) atoms. The van der Waals surface area contributed by atoms with Crippen LogP contribution in [0.25, 0.3) is 0 Å². The second-order valence-corrected chi connectivity index (χ2v) is 3.15. The lowest BCUT2D eigenvalue weighted by Gasteiger charge is -2.07.